The minimum Gasteiger partial charge on any atom is -0.490 e. The quantitative estimate of drug-likeness (QED) is 0.625. The van der Waals surface area contributed by atoms with Gasteiger partial charge in [0, 0.05) is 22.8 Å². The van der Waals surface area contributed by atoms with Crippen LogP contribution in [0, 0.1) is 0 Å². The fraction of sp³-hybridized carbons (Fsp3) is 0.364. The van der Waals surface area contributed by atoms with Crippen LogP contribution in [0.15, 0.2) is 46.0 Å². The van der Waals surface area contributed by atoms with E-state index in [1.807, 2.05) is 57.2 Å². The number of hydrazone groups is 1. The molecule has 2 aromatic rings. The van der Waals surface area contributed by atoms with E-state index in [2.05, 4.69) is 21.0 Å². The molecule has 6 nitrogen and oxygen atoms in total. The van der Waals surface area contributed by atoms with Crippen LogP contribution in [0.3, 0.4) is 0 Å². The van der Waals surface area contributed by atoms with E-state index in [1.54, 1.807) is 18.2 Å². The molecule has 154 valence electrons. The zero-order chi connectivity index (χ0) is 21.0. The van der Waals surface area contributed by atoms with Gasteiger partial charge in [-0.05, 0) is 69.2 Å². The normalized spacial score (nSPS) is 15.5. The molecule has 1 aliphatic heterocycles. The van der Waals surface area contributed by atoms with Gasteiger partial charge in [-0.25, -0.2) is 9.80 Å². The van der Waals surface area contributed by atoms with Crippen LogP contribution in [0.5, 0.6) is 11.5 Å². The molecule has 0 saturated carbocycles. The Morgan fingerprint density at radius 3 is 2.41 bits per heavy atom. The Labute approximate surface area is 180 Å². The number of rotatable bonds is 5. The molecule has 1 aliphatic rings. The molecular weight excluding hydrogens is 434 g/mol. The number of hydrogen-bond acceptors (Lipinski definition) is 4. The van der Waals surface area contributed by atoms with E-state index in [-0.39, 0.29) is 12.1 Å². The van der Waals surface area contributed by atoms with Crippen molar-refractivity contribution in [2.24, 2.45) is 5.10 Å². The molecule has 3 rings (SSSR count). The van der Waals surface area contributed by atoms with Crippen LogP contribution in [0.1, 0.15) is 31.9 Å². The summed E-state index contributed by atoms with van der Waals surface area (Å²) in [6.07, 6.45) is 2.39. The van der Waals surface area contributed by atoms with Crippen molar-refractivity contribution in [3.8, 4) is 11.5 Å². The number of anilines is 1. The van der Waals surface area contributed by atoms with Crippen LogP contribution >= 0.6 is 15.9 Å². The Kier molecular flexibility index (Phi) is 6.79. The highest BCUT2D eigenvalue weighted by atomic mass is 79.9. The van der Waals surface area contributed by atoms with Crippen LogP contribution in [-0.4, -0.2) is 43.6 Å². The lowest BCUT2D eigenvalue weighted by Crippen LogP contribution is -2.43. The van der Waals surface area contributed by atoms with Gasteiger partial charge in [0.15, 0.2) is 11.5 Å². The highest BCUT2D eigenvalue weighted by Crippen LogP contribution is 2.33. The largest absolute Gasteiger partial charge is 0.490 e. The van der Waals surface area contributed by atoms with Gasteiger partial charge in [-0.1, -0.05) is 15.9 Å². The third kappa shape index (κ3) is 4.72. The highest BCUT2D eigenvalue weighted by molar-refractivity contribution is 9.10. The maximum Gasteiger partial charge on any atom is 0.344 e. The zero-order valence-electron chi connectivity index (χ0n) is 17.2. The van der Waals surface area contributed by atoms with Crippen LogP contribution < -0.4 is 14.4 Å². The first-order valence-corrected chi connectivity index (χ1v) is 10.5. The van der Waals surface area contributed by atoms with Gasteiger partial charge in [-0.3, -0.25) is 4.90 Å². The van der Waals surface area contributed by atoms with Crippen molar-refractivity contribution < 1.29 is 14.3 Å². The van der Waals surface area contributed by atoms with Crippen LogP contribution in [0.4, 0.5) is 10.5 Å². The van der Waals surface area contributed by atoms with Gasteiger partial charge in [-0.15, -0.1) is 0 Å². The summed E-state index contributed by atoms with van der Waals surface area (Å²) in [5.41, 5.74) is 2.82. The van der Waals surface area contributed by atoms with Gasteiger partial charge in [0.2, 0.25) is 0 Å². The molecule has 0 saturated heterocycles. The molecule has 1 atom stereocenters. The molecule has 0 aliphatic carbocycles. The number of urea groups is 1. The Balaban J connectivity index is 1.87. The summed E-state index contributed by atoms with van der Waals surface area (Å²) in [5, 5.41) is 6.03. The molecule has 29 heavy (non-hydrogen) atoms. The number of halogens is 1. The van der Waals surface area contributed by atoms with Crippen molar-refractivity contribution in [2.45, 2.75) is 33.2 Å². The molecule has 2 aromatic carbocycles. The number of carbonyl (C=O) groups is 1. The Hall–Kier alpha value is -2.54. The minimum absolute atomic E-state index is 0.106. The molecule has 0 N–H and O–H groups in total. The monoisotopic (exact) mass is 459 g/mol. The number of benzene rings is 2. The van der Waals surface area contributed by atoms with E-state index < -0.39 is 0 Å². The van der Waals surface area contributed by atoms with Gasteiger partial charge in [-0.2, -0.15) is 5.10 Å². The summed E-state index contributed by atoms with van der Waals surface area (Å²) in [4.78, 5) is 14.7. The van der Waals surface area contributed by atoms with Gasteiger partial charge in [0.05, 0.1) is 25.5 Å². The standard InChI is InChI=1S/C22H26BrN3O3/c1-5-28-20-12-16-11-15(3)26(24-14-17(16)13-21(20)29-6-2)22(27)25(4)19-9-7-18(23)8-10-19/h7-10,12-15H,5-6,11H2,1-4H3. The number of hydrogen-bond donors (Lipinski definition) is 0. The van der Waals surface area contributed by atoms with Crippen molar-refractivity contribution >= 4 is 33.9 Å². The Morgan fingerprint density at radius 2 is 1.79 bits per heavy atom. The first-order chi connectivity index (χ1) is 13.9. The van der Waals surface area contributed by atoms with Crippen LogP contribution in [-0.2, 0) is 6.42 Å². The second kappa shape index (κ2) is 9.31. The smallest absolute Gasteiger partial charge is 0.344 e. The Bertz CT molecular complexity index is 899. The van der Waals surface area contributed by atoms with Crippen molar-refractivity contribution in [2.75, 3.05) is 25.2 Å². The average Bonchev–Trinajstić information content (AvgIpc) is 2.86. The molecule has 0 fully saturated rings. The molecular formula is C22H26BrN3O3. The number of amides is 2. The summed E-state index contributed by atoms with van der Waals surface area (Å²) in [5.74, 6) is 1.42. The van der Waals surface area contributed by atoms with Crippen molar-refractivity contribution in [3.63, 3.8) is 0 Å². The van der Waals surface area contributed by atoms with E-state index >= 15 is 0 Å². The van der Waals surface area contributed by atoms with Crippen LogP contribution in [0.25, 0.3) is 0 Å². The third-order valence-electron chi connectivity index (χ3n) is 4.76. The molecule has 2 amide bonds. The summed E-state index contributed by atoms with van der Waals surface area (Å²) in [6.45, 7) is 7.00. The van der Waals surface area contributed by atoms with Crippen molar-refractivity contribution in [1.29, 1.82) is 0 Å². The average molecular weight is 460 g/mol. The lowest BCUT2D eigenvalue weighted by molar-refractivity contribution is 0.190. The molecule has 0 spiro atoms. The second-order valence-electron chi connectivity index (χ2n) is 6.82. The molecule has 7 heteroatoms. The molecule has 1 heterocycles. The van der Waals surface area contributed by atoms with E-state index in [4.69, 9.17) is 9.47 Å². The van der Waals surface area contributed by atoms with Gasteiger partial charge < -0.3 is 9.47 Å². The van der Waals surface area contributed by atoms with E-state index in [0.29, 0.717) is 25.4 Å². The molecule has 0 radical (unpaired) electrons. The number of fused-ring (bicyclic) bond motifs is 1. The number of nitrogens with zero attached hydrogens (tertiary/aromatic N) is 3. The summed E-state index contributed by atoms with van der Waals surface area (Å²) in [6, 6.07) is 11.3. The molecule has 0 aromatic heterocycles. The first-order valence-electron chi connectivity index (χ1n) is 9.73. The first kappa shape index (κ1) is 21.2. The predicted molar refractivity (Wildman–Crippen MR) is 119 cm³/mol. The van der Waals surface area contributed by atoms with Crippen molar-refractivity contribution in [3.05, 3.63) is 52.0 Å². The van der Waals surface area contributed by atoms with Gasteiger partial charge in [0.1, 0.15) is 0 Å². The second-order valence-corrected chi connectivity index (χ2v) is 7.74. The zero-order valence-corrected chi connectivity index (χ0v) is 18.8. The summed E-state index contributed by atoms with van der Waals surface area (Å²) in [7, 11) is 1.76. The topological polar surface area (TPSA) is 54.4 Å². The maximum atomic E-state index is 13.1. The Morgan fingerprint density at radius 1 is 1.17 bits per heavy atom. The van der Waals surface area contributed by atoms with Crippen LogP contribution in [0.2, 0.25) is 0 Å². The fourth-order valence-electron chi connectivity index (χ4n) is 3.26. The summed E-state index contributed by atoms with van der Waals surface area (Å²) < 4.78 is 12.4. The predicted octanol–water partition coefficient (Wildman–Crippen LogP) is 5.08. The maximum absolute atomic E-state index is 13.1. The fourth-order valence-corrected chi connectivity index (χ4v) is 3.53. The van der Waals surface area contributed by atoms with Gasteiger partial charge in [0.25, 0.3) is 0 Å². The van der Waals surface area contributed by atoms with E-state index in [1.165, 1.54) is 5.01 Å². The number of ether oxygens (including phenoxy) is 2. The van der Waals surface area contributed by atoms with Crippen molar-refractivity contribution in [1.82, 2.24) is 5.01 Å². The number of carbonyl (C=O) groups excluding carboxylic acids is 1. The van der Waals surface area contributed by atoms with E-state index in [9.17, 15) is 4.79 Å². The van der Waals surface area contributed by atoms with Gasteiger partial charge >= 0.3 is 6.03 Å². The SMILES string of the molecule is CCOc1cc2c(cc1OCC)CC(C)N(C(=O)N(C)c1ccc(Br)cc1)N=C2. The molecule has 1 unspecified atom stereocenters. The molecule has 0 bridgehead atoms. The third-order valence-corrected chi connectivity index (χ3v) is 5.28. The summed E-state index contributed by atoms with van der Waals surface area (Å²) >= 11 is 3.42. The lowest BCUT2D eigenvalue weighted by Gasteiger charge is -2.28. The van der Waals surface area contributed by atoms with E-state index in [0.717, 1.165) is 27.0 Å². The minimum atomic E-state index is -0.182. The highest BCUT2D eigenvalue weighted by Gasteiger charge is 2.27. The lowest BCUT2D eigenvalue weighted by atomic mass is 10.0.